The quantitative estimate of drug-likeness (QED) is 0.637. The summed E-state index contributed by atoms with van der Waals surface area (Å²) in [5, 5.41) is 0. The van der Waals surface area contributed by atoms with Crippen molar-refractivity contribution in [1.82, 2.24) is 0 Å². The van der Waals surface area contributed by atoms with E-state index in [1.807, 2.05) is 13.0 Å². The van der Waals surface area contributed by atoms with Crippen LogP contribution in [0.5, 0.6) is 0 Å². The highest BCUT2D eigenvalue weighted by Gasteiger charge is 2.21. The first-order valence-corrected chi connectivity index (χ1v) is 5.93. The number of rotatable bonds is 1. The molecule has 0 aliphatic heterocycles. The number of benzene rings is 1. The molecule has 1 fully saturated rings. The molecular formula is C14H19F. The third-order valence-corrected chi connectivity index (χ3v) is 3.61. The molecule has 1 aliphatic carbocycles. The summed E-state index contributed by atoms with van der Waals surface area (Å²) in [7, 11) is 0. The summed E-state index contributed by atoms with van der Waals surface area (Å²) in [6.45, 7) is 4.35. The average Bonchev–Trinajstić information content (AvgIpc) is 2.17. The van der Waals surface area contributed by atoms with Crippen molar-refractivity contribution in [2.75, 3.05) is 0 Å². The molecule has 0 heterocycles. The molecule has 0 radical (unpaired) electrons. The van der Waals surface area contributed by atoms with Crippen LogP contribution in [0.4, 0.5) is 4.39 Å². The van der Waals surface area contributed by atoms with Crippen molar-refractivity contribution < 1.29 is 4.39 Å². The standard InChI is InChI=1S/C14H19F/c1-10-4-3-5-12(8-10)14-7-6-13(15)9-11(14)2/h6-7,9-10,12H,3-5,8H2,1-2H3. The maximum atomic E-state index is 13.0. The molecule has 0 amide bonds. The molecule has 0 spiro atoms. The van der Waals surface area contributed by atoms with E-state index >= 15 is 0 Å². The number of aryl methyl sites for hydroxylation is 1. The first-order chi connectivity index (χ1) is 7.16. The Hall–Kier alpha value is -0.850. The second kappa shape index (κ2) is 4.34. The van der Waals surface area contributed by atoms with Crippen LogP contribution in [0.1, 0.15) is 49.7 Å². The van der Waals surface area contributed by atoms with E-state index in [4.69, 9.17) is 0 Å². The van der Waals surface area contributed by atoms with Crippen LogP contribution in [0.15, 0.2) is 18.2 Å². The lowest BCUT2D eigenvalue weighted by Gasteiger charge is -2.28. The van der Waals surface area contributed by atoms with E-state index in [1.165, 1.54) is 31.2 Å². The minimum absolute atomic E-state index is 0.111. The fourth-order valence-electron chi connectivity index (χ4n) is 2.81. The first-order valence-electron chi connectivity index (χ1n) is 5.93. The first kappa shape index (κ1) is 10.7. The Morgan fingerprint density at radius 3 is 2.73 bits per heavy atom. The Kier molecular flexibility index (Phi) is 3.08. The summed E-state index contributed by atoms with van der Waals surface area (Å²) in [4.78, 5) is 0. The van der Waals surface area contributed by atoms with Crippen molar-refractivity contribution in [1.29, 1.82) is 0 Å². The molecule has 15 heavy (non-hydrogen) atoms. The van der Waals surface area contributed by atoms with E-state index < -0.39 is 0 Å². The Morgan fingerprint density at radius 1 is 1.27 bits per heavy atom. The molecule has 0 N–H and O–H groups in total. The lowest BCUT2D eigenvalue weighted by Crippen LogP contribution is -2.12. The summed E-state index contributed by atoms with van der Waals surface area (Å²) in [5.74, 6) is 1.38. The Morgan fingerprint density at radius 2 is 2.07 bits per heavy atom. The average molecular weight is 206 g/mol. The molecule has 2 unspecified atom stereocenters. The third-order valence-electron chi connectivity index (χ3n) is 3.61. The monoisotopic (exact) mass is 206 g/mol. The predicted octanol–water partition coefficient (Wildman–Crippen LogP) is 4.43. The van der Waals surface area contributed by atoms with Crippen molar-refractivity contribution in [3.05, 3.63) is 35.1 Å². The number of halogens is 1. The molecule has 1 heteroatoms. The van der Waals surface area contributed by atoms with Gasteiger partial charge in [-0.2, -0.15) is 0 Å². The fraction of sp³-hybridized carbons (Fsp3) is 0.571. The predicted molar refractivity (Wildman–Crippen MR) is 61.5 cm³/mol. The van der Waals surface area contributed by atoms with Gasteiger partial charge < -0.3 is 0 Å². The summed E-state index contributed by atoms with van der Waals surface area (Å²) in [6, 6.07) is 5.24. The van der Waals surface area contributed by atoms with Crippen molar-refractivity contribution in [2.45, 2.75) is 45.4 Å². The minimum Gasteiger partial charge on any atom is -0.207 e. The lowest BCUT2D eigenvalue weighted by molar-refractivity contribution is 0.343. The van der Waals surface area contributed by atoms with E-state index in [2.05, 4.69) is 6.92 Å². The number of hydrogen-bond donors (Lipinski definition) is 0. The van der Waals surface area contributed by atoms with Gasteiger partial charge in [0.15, 0.2) is 0 Å². The highest BCUT2D eigenvalue weighted by atomic mass is 19.1. The van der Waals surface area contributed by atoms with Crippen molar-refractivity contribution in [3.63, 3.8) is 0 Å². The fourth-order valence-corrected chi connectivity index (χ4v) is 2.81. The summed E-state index contributed by atoms with van der Waals surface area (Å²) >= 11 is 0. The molecule has 0 saturated heterocycles. The topological polar surface area (TPSA) is 0 Å². The van der Waals surface area contributed by atoms with Crippen LogP contribution in [0.2, 0.25) is 0 Å². The highest BCUT2D eigenvalue weighted by Crippen LogP contribution is 2.37. The Balaban J connectivity index is 2.21. The van der Waals surface area contributed by atoms with Gasteiger partial charge >= 0.3 is 0 Å². The maximum Gasteiger partial charge on any atom is 0.123 e. The molecule has 1 aromatic rings. The summed E-state index contributed by atoms with van der Waals surface area (Å²) in [6.07, 6.45) is 5.22. The van der Waals surface area contributed by atoms with Crippen LogP contribution >= 0.6 is 0 Å². The van der Waals surface area contributed by atoms with Gasteiger partial charge in [-0.25, -0.2) is 4.39 Å². The van der Waals surface area contributed by atoms with Gasteiger partial charge in [0.05, 0.1) is 0 Å². The van der Waals surface area contributed by atoms with E-state index in [0.29, 0.717) is 5.92 Å². The van der Waals surface area contributed by atoms with Crippen molar-refractivity contribution >= 4 is 0 Å². The van der Waals surface area contributed by atoms with Gasteiger partial charge in [-0.1, -0.05) is 25.8 Å². The van der Waals surface area contributed by atoms with Gasteiger partial charge in [-0.3, -0.25) is 0 Å². The minimum atomic E-state index is -0.111. The Bertz CT molecular complexity index is 343. The SMILES string of the molecule is Cc1cc(F)ccc1C1CCCC(C)C1. The lowest BCUT2D eigenvalue weighted by atomic mass is 9.78. The summed E-state index contributed by atoms with van der Waals surface area (Å²) in [5.41, 5.74) is 2.48. The van der Waals surface area contributed by atoms with Gasteiger partial charge in [-0.15, -0.1) is 0 Å². The van der Waals surface area contributed by atoms with Crippen LogP contribution in [0.25, 0.3) is 0 Å². The van der Waals surface area contributed by atoms with Crippen LogP contribution in [0, 0.1) is 18.7 Å². The smallest absolute Gasteiger partial charge is 0.123 e. The molecule has 1 aromatic carbocycles. The van der Waals surface area contributed by atoms with Crippen LogP contribution in [0.3, 0.4) is 0 Å². The molecule has 2 atom stereocenters. The molecule has 0 aromatic heterocycles. The molecule has 0 nitrogen and oxygen atoms in total. The normalized spacial score (nSPS) is 26.6. The highest BCUT2D eigenvalue weighted by molar-refractivity contribution is 5.30. The van der Waals surface area contributed by atoms with E-state index in [-0.39, 0.29) is 5.82 Å². The molecule has 0 bridgehead atoms. The van der Waals surface area contributed by atoms with E-state index in [1.54, 1.807) is 12.1 Å². The zero-order valence-corrected chi connectivity index (χ0v) is 9.59. The van der Waals surface area contributed by atoms with Gasteiger partial charge in [0.1, 0.15) is 5.82 Å². The zero-order valence-electron chi connectivity index (χ0n) is 9.59. The second-order valence-corrected chi connectivity index (χ2v) is 4.97. The largest absolute Gasteiger partial charge is 0.207 e. The van der Waals surface area contributed by atoms with Crippen LogP contribution in [-0.2, 0) is 0 Å². The molecule has 1 saturated carbocycles. The molecule has 82 valence electrons. The van der Waals surface area contributed by atoms with Gasteiger partial charge in [-0.05, 0) is 54.9 Å². The molecule has 1 aliphatic rings. The van der Waals surface area contributed by atoms with Crippen LogP contribution < -0.4 is 0 Å². The second-order valence-electron chi connectivity index (χ2n) is 4.97. The van der Waals surface area contributed by atoms with E-state index in [0.717, 1.165) is 11.5 Å². The Labute approximate surface area is 91.5 Å². The van der Waals surface area contributed by atoms with Crippen molar-refractivity contribution in [2.24, 2.45) is 5.92 Å². The number of hydrogen-bond acceptors (Lipinski definition) is 0. The maximum absolute atomic E-state index is 13.0. The van der Waals surface area contributed by atoms with Crippen LogP contribution in [-0.4, -0.2) is 0 Å². The van der Waals surface area contributed by atoms with E-state index in [9.17, 15) is 4.39 Å². The zero-order chi connectivity index (χ0) is 10.8. The van der Waals surface area contributed by atoms with Gasteiger partial charge in [0.2, 0.25) is 0 Å². The molecule has 2 rings (SSSR count). The van der Waals surface area contributed by atoms with Crippen molar-refractivity contribution in [3.8, 4) is 0 Å². The third kappa shape index (κ3) is 2.39. The summed E-state index contributed by atoms with van der Waals surface area (Å²) < 4.78 is 13.0. The van der Waals surface area contributed by atoms with Gasteiger partial charge in [0.25, 0.3) is 0 Å². The molecular weight excluding hydrogens is 187 g/mol. The van der Waals surface area contributed by atoms with Gasteiger partial charge in [0, 0.05) is 0 Å².